The van der Waals surface area contributed by atoms with E-state index in [1.165, 1.54) is 12.1 Å². The van der Waals surface area contributed by atoms with Crippen LogP contribution in [-0.4, -0.2) is 72.3 Å². The fourth-order valence-corrected chi connectivity index (χ4v) is 5.48. The summed E-state index contributed by atoms with van der Waals surface area (Å²) in [6, 6.07) is 6.16. The highest BCUT2D eigenvalue weighted by Crippen LogP contribution is 2.42. The summed E-state index contributed by atoms with van der Waals surface area (Å²) in [5.74, 6) is -0.299. The number of amides is 2. The number of likely N-dealkylation sites (tertiary alicyclic amines) is 1. The number of carbonyl (C=O) groups is 2. The first-order valence-electron chi connectivity index (χ1n) is 10.3. The third-order valence-corrected chi connectivity index (χ3v) is 6.66. The summed E-state index contributed by atoms with van der Waals surface area (Å²) in [6.07, 6.45) is 3.49. The highest BCUT2D eigenvalue weighted by atomic mass is 19.1. The molecule has 0 spiro atoms. The molecule has 2 amide bonds. The minimum Gasteiger partial charge on any atom is -0.338 e. The second-order valence-electron chi connectivity index (χ2n) is 8.86. The van der Waals surface area contributed by atoms with Gasteiger partial charge in [-0.2, -0.15) is 5.26 Å². The van der Waals surface area contributed by atoms with Gasteiger partial charge in [0.15, 0.2) is 0 Å². The summed E-state index contributed by atoms with van der Waals surface area (Å²) in [7, 11) is 4.01. The molecule has 3 fully saturated rings. The molecular formula is C22H27FN4O2. The highest BCUT2D eigenvalue weighted by Gasteiger charge is 2.50. The van der Waals surface area contributed by atoms with Crippen molar-refractivity contribution in [1.29, 1.82) is 5.26 Å². The molecule has 7 heteroatoms. The number of carbonyl (C=O) groups excluding carboxylic acids is 2. The molecule has 3 aliphatic heterocycles. The first-order chi connectivity index (χ1) is 13.9. The molecule has 0 radical (unpaired) electrons. The summed E-state index contributed by atoms with van der Waals surface area (Å²) in [6.45, 7) is 1.86. The van der Waals surface area contributed by atoms with Gasteiger partial charge in [0.05, 0.1) is 17.2 Å². The number of fused-ring (bicyclic) bond motifs is 4. The van der Waals surface area contributed by atoms with Crippen LogP contribution in [0.3, 0.4) is 0 Å². The summed E-state index contributed by atoms with van der Waals surface area (Å²) in [5.41, 5.74) is 0.224. The van der Waals surface area contributed by atoms with Crippen LogP contribution in [0.2, 0.25) is 0 Å². The zero-order valence-electron chi connectivity index (χ0n) is 17.0. The van der Waals surface area contributed by atoms with Crippen molar-refractivity contribution in [2.75, 3.05) is 33.7 Å². The lowest BCUT2D eigenvalue weighted by atomic mass is 9.72. The predicted molar refractivity (Wildman–Crippen MR) is 105 cm³/mol. The van der Waals surface area contributed by atoms with Gasteiger partial charge in [-0.05, 0) is 63.4 Å². The summed E-state index contributed by atoms with van der Waals surface area (Å²) < 4.78 is 14.4. The Balaban J connectivity index is 1.61. The zero-order chi connectivity index (χ0) is 20.7. The average molecular weight is 398 g/mol. The number of rotatable bonds is 3. The molecule has 2 bridgehead atoms. The first kappa shape index (κ1) is 19.8. The Kier molecular flexibility index (Phi) is 5.30. The minimum atomic E-state index is -0.649. The first-order valence-corrected chi connectivity index (χ1v) is 10.3. The second-order valence-corrected chi connectivity index (χ2v) is 8.86. The monoisotopic (exact) mass is 398 g/mol. The summed E-state index contributed by atoms with van der Waals surface area (Å²) in [4.78, 5) is 31.8. The molecule has 0 saturated carbocycles. The minimum absolute atomic E-state index is 0.0182. The molecule has 6 nitrogen and oxygen atoms in total. The lowest BCUT2D eigenvalue weighted by Gasteiger charge is -2.57. The van der Waals surface area contributed by atoms with Crippen molar-refractivity contribution in [3.05, 3.63) is 35.1 Å². The van der Waals surface area contributed by atoms with Gasteiger partial charge in [0.25, 0.3) is 5.91 Å². The van der Waals surface area contributed by atoms with Gasteiger partial charge >= 0.3 is 0 Å². The van der Waals surface area contributed by atoms with Crippen molar-refractivity contribution in [2.45, 2.75) is 37.8 Å². The van der Waals surface area contributed by atoms with E-state index in [0.29, 0.717) is 19.5 Å². The van der Waals surface area contributed by atoms with Gasteiger partial charge in [-0.15, -0.1) is 0 Å². The molecule has 1 aromatic rings. The van der Waals surface area contributed by atoms with Gasteiger partial charge in [-0.1, -0.05) is 0 Å². The Morgan fingerprint density at radius 2 is 2.07 bits per heavy atom. The van der Waals surface area contributed by atoms with Gasteiger partial charge in [-0.3, -0.25) is 9.59 Å². The molecule has 0 aromatic heterocycles. The molecule has 154 valence electrons. The normalized spacial score (nSPS) is 28.9. The largest absolute Gasteiger partial charge is 0.338 e. The van der Waals surface area contributed by atoms with Crippen LogP contribution in [0, 0.1) is 29.0 Å². The molecule has 3 heterocycles. The summed E-state index contributed by atoms with van der Waals surface area (Å²) in [5, 5.41) is 8.93. The van der Waals surface area contributed by atoms with E-state index in [2.05, 4.69) is 9.80 Å². The van der Waals surface area contributed by atoms with Crippen LogP contribution >= 0.6 is 0 Å². The van der Waals surface area contributed by atoms with Gasteiger partial charge in [0, 0.05) is 38.1 Å². The third-order valence-electron chi connectivity index (χ3n) is 6.66. The molecule has 3 saturated heterocycles. The van der Waals surface area contributed by atoms with Crippen LogP contribution in [0.25, 0.3) is 0 Å². The molecule has 29 heavy (non-hydrogen) atoms. The molecule has 4 atom stereocenters. The van der Waals surface area contributed by atoms with Crippen molar-refractivity contribution in [3.63, 3.8) is 0 Å². The van der Waals surface area contributed by atoms with E-state index in [1.54, 1.807) is 4.90 Å². The number of hydrogen-bond donors (Lipinski definition) is 0. The van der Waals surface area contributed by atoms with E-state index in [-0.39, 0.29) is 46.9 Å². The van der Waals surface area contributed by atoms with E-state index < -0.39 is 5.82 Å². The zero-order valence-corrected chi connectivity index (χ0v) is 17.0. The molecule has 0 unspecified atom stereocenters. The number of piperidine rings is 3. The van der Waals surface area contributed by atoms with E-state index >= 15 is 0 Å². The Bertz CT molecular complexity index is 865. The van der Waals surface area contributed by atoms with E-state index in [4.69, 9.17) is 5.26 Å². The van der Waals surface area contributed by atoms with Gasteiger partial charge in [-0.25, -0.2) is 4.39 Å². The second kappa shape index (κ2) is 7.75. The Hall–Kier alpha value is -2.46. The van der Waals surface area contributed by atoms with Crippen LogP contribution in [0.1, 0.15) is 41.6 Å². The van der Waals surface area contributed by atoms with Gasteiger partial charge < -0.3 is 14.7 Å². The number of nitriles is 1. The van der Waals surface area contributed by atoms with Crippen molar-refractivity contribution >= 4 is 11.8 Å². The Labute approximate surface area is 170 Å². The van der Waals surface area contributed by atoms with Crippen LogP contribution in [0.5, 0.6) is 0 Å². The third kappa shape index (κ3) is 3.62. The fourth-order valence-electron chi connectivity index (χ4n) is 5.48. The van der Waals surface area contributed by atoms with Crippen molar-refractivity contribution in [2.24, 2.45) is 11.8 Å². The number of halogens is 1. The highest BCUT2D eigenvalue weighted by molar-refractivity contribution is 5.94. The molecule has 0 N–H and O–H groups in total. The van der Waals surface area contributed by atoms with E-state index in [9.17, 15) is 14.0 Å². The standard InChI is InChI=1S/C22H27FN4O2/c1-25(2)13-20-16-9-15(19-4-3-5-21(28)27(19)20)11-26(12-16)22(29)17-7-6-14(10-24)8-18(17)23/h6-8,15-16,19-20H,3-5,9,11-13H2,1-2H3/t15-,16+,19+,20+/m1/s1. The topological polar surface area (TPSA) is 67.6 Å². The van der Waals surface area contributed by atoms with Crippen molar-refractivity contribution < 1.29 is 14.0 Å². The maximum Gasteiger partial charge on any atom is 0.256 e. The quantitative estimate of drug-likeness (QED) is 0.782. The Morgan fingerprint density at radius 3 is 2.76 bits per heavy atom. The van der Waals surface area contributed by atoms with Crippen molar-refractivity contribution in [1.82, 2.24) is 14.7 Å². The lowest BCUT2D eigenvalue weighted by molar-refractivity contribution is -0.152. The van der Waals surface area contributed by atoms with Crippen molar-refractivity contribution in [3.8, 4) is 6.07 Å². The SMILES string of the molecule is CN(C)C[C@H]1[C@H]2C[C@H](CN(C(=O)c3ccc(C#N)cc3F)C2)[C@@H]2CCCC(=O)N21. The number of hydrogen-bond acceptors (Lipinski definition) is 4. The molecular weight excluding hydrogens is 371 g/mol. The number of likely N-dealkylation sites (N-methyl/N-ethyl adjacent to an activating group) is 1. The smallest absolute Gasteiger partial charge is 0.256 e. The molecule has 0 aliphatic carbocycles. The predicted octanol–water partition coefficient (Wildman–Crippen LogP) is 2.10. The van der Waals surface area contributed by atoms with Crippen LogP contribution in [-0.2, 0) is 4.79 Å². The molecule has 1 aromatic carbocycles. The molecule has 3 aliphatic rings. The lowest BCUT2D eigenvalue weighted by Crippen LogP contribution is -2.67. The van der Waals surface area contributed by atoms with Gasteiger partial charge in [0.2, 0.25) is 5.91 Å². The maximum absolute atomic E-state index is 14.4. The average Bonchev–Trinajstić information content (AvgIpc) is 2.70. The molecule has 4 rings (SSSR count). The Morgan fingerprint density at radius 1 is 1.31 bits per heavy atom. The maximum atomic E-state index is 14.4. The number of benzene rings is 1. The van der Waals surface area contributed by atoms with Gasteiger partial charge in [0.1, 0.15) is 5.82 Å². The van der Waals surface area contributed by atoms with E-state index in [0.717, 1.165) is 31.9 Å². The van der Waals surface area contributed by atoms with E-state index in [1.807, 2.05) is 20.2 Å². The van der Waals surface area contributed by atoms with Crippen LogP contribution in [0.15, 0.2) is 18.2 Å². The van der Waals surface area contributed by atoms with Crippen LogP contribution in [0.4, 0.5) is 4.39 Å². The fraction of sp³-hybridized carbons (Fsp3) is 0.591. The van der Waals surface area contributed by atoms with Crippen LogP contribution < -0.4 is 0 Å². The number of nitrogens with zero attached hydrogens (tertiary/aromatic N) is 4. The summed E-state index contributed by atoms with van der Waals surface area (Å²) >= 11 is 0.